The highest BCUT2D eigenvalue weighted by Crippen LogP contribution is 2.23. The molecule has 3 aromatic carbocycles. The van der Waals surface area contributed by atoms with Crippen LogP contribution in [0.3, 0.4) is 0 Å². The van der Waals surface area contributed by atoms with Gasteiger partial charge in [-0.3, -0.25) is 0 Å². The summed E-state index contributed by atoms with van der Waals surface area (Å²) in [5, 5.41) is 8.94. The van der Waals surface area contributed by atoms with Gasteiger partial charge in [0.05, 0.1) is 25.4 Å². The molecule has 0 saturated heterocycles. The Labute approximate surface area is 182 Å². The second-order valence-corrected chi connectivity index (χ2v) is 6.79. The second kappa shape index (κ2) is 11.7. The lowest BCUT2D eigenvalue weighted by Gasteiger charge is -2.09. The molecule has 162 valence electrons. The second-order valence-electron chi connectivity index (χ2n) is 6.79. The summed E-state index contributed by atoms with van der Waals surface area (Å²) in [5.74, 6) is 0.487. The third-order valence-corrected chi connectivity index (χ3v) is 4.58. The van der Waals surface area contributed by atoms with Crippen molar-refractivity contribution < 1.29 is 28.8 Å². The Morgan fingerprint density at radius 3 is 1.87 bits per heavy atom. The van der Waals surface area contributed by atoms with E-state index in [4.69, 9.17) is 24.1 Å². The smallest absolute Gasteiger partial charge is 0.335 e. The molecule has 0 aliphatic carbocycles. The van der Waals surface area contributed by atoms with E-state index in [-0.39, 0.29) is 5.56 Å². The van der Waals surface area contributed by atoms with E-state index in [1.165, 1.54) is 12.1 Å². The van der Waals surface area contributed by atoms with Crippen molar-refractivity contribution in [3.8, 4) is 22.6 Å². The highest BCUT2D eigenvalue weighted by atomic mass is 16.5. The predicted molar refractivity (Wildman–Crippen MR) is 118 cm³/mol. The van der Waals surface area contributed by atoms with Crippen LogP contribution in [-0.4, -0.2) is 44.6 Å². The number of benzene rings is 3. The molecule has 0 amide bonds. The molecule has 0 spiro atoms. The van der Waals surface area contributed by atoms with Crippen LogP contribution in [0.15, 0.2) is 72.8 Å². The fraction of sp³-hybridized carbons (Fsp3) is 0.240. The van der Waals surface area contributed by atoms with Gasteiger partial charge in [0.1, 0.15) is 24.7 Å². The van der Waals surface area contributed by atoms with Crippen LogP contribution in [0.2, 0.25) is 0 Å². The van der Waals surface area contributed by atoms with Gasteiger partial charge in [-0.2, -0.15) is 0 Å². The van der Waals surface area contributed by atoms with E-state index in [0.29, 0.717) is 38.8 Å². The Hall–Kier alpha value is -3.35. The van der Waals surface area contributed by atoms with Crippen LogP contribution < -0.4 is 9.47 Å². The van der Waals surface area contributed by atoms with Gasteiger partial charge < -0.3 is 24.1 Å². The average Bonchev–Trinajstić information content (AvgIpc) is 2.81. The van der Waals surface area contributed by atoms with Gasteiger partial charge in [0.15, 0.2) is 0 Å². The molecule has 0 atom stereocenters. The molecular formula is C25H26O6. The van der Waals surface area contributed by atoms with E-state index in [0.717, 1.165) is 22.4 Å². The zero-order valence-electron chi connectivity index (χ0n) is 17.5. The van der Waals surface area contributed by atoms with Gasteiger partial charge in [-0.05, 0) is 53.1 Å². The van der Waals surface area contributed by atoms with Crippen molar-refractivity contribution in [2.24, 2.45) is 0 Å². The molecule has 0 unspecified atom stereocenters. The standard InChI is InChI=1S/C25H26O6/c1-28-14-15-29-16-17-30-23-10-6-21(7-11-23)20-4-2-19(3-5-20)18-31-24-12-8-22(9-13-24)25(26)27/h2-13H,14-18H2,1H3,(H,26,27). The highest BCUT2D eigenvalue weighted by Gasteiger charge is 2.04. The summed E-state index contributed by atoms with van der Waals surface area (Å²) in [6.45, 7) is 2.58. The maximum Gasteiger partial charge on any atom is 0.335 e. The Bertz CT molecular complexity index is 933. The predicted octanol–water partition coefficient (Wildman–Crippen LogP) is 4.67. The minimum atomic E-state index is -0.950. The maximum atomic E-state index is 10.9. The van der Waals surface area contributed by atoms with Crippen LogP contribution in [0, 0.1) is 0 Å². The van der Waals surface area contributed by atoms with E-state index in [1.54, 1.807) is 19.2 Å². The molecule has 0 fully saturated rings. The largest absolute Gasteiger partial charge is 0.491 e. The molecule has 3 aromatic rings. The van der Waals surface area contributed by atoms with Crippen molar-refractivity contribution in [3.63, 3.8) is 0 Å². The van der Waals surface area contributed by atoms with Gasteiger partial charge in [-0.25, -0.2) is 4.79 Å². The fourth-order valence-electron chi connectivity index (χ4n) is 2.86. The summed E-state index contributed by atoms with van der Waals surface area (Å²) in [6, 6.07) is 22.5. The number of methoxy groups -OCH3 is 1. The van der Waals surface area contributed by atoms with Crippen molar-refractivity contribution >= 4 is 5.97 Å². The minimum absolute atomic E-state index is 0.239. The third-order valence-electron chi connectivity index (χ3n) is 4.58. The van der Waals surface area contributed by atoms with E-state index < -0.39 is 5.97 Å². The number of hydrogen-bond donors (Lipinski definition) is 1. The first-order valence-electron chi connectivity index (χ1n) is 10.0. The number of hydrogen-bond acceptors (Lipinski definition) is 5. The molecule has 6 nitrogen and oxygen atoms in total. The van der Waals surface area contributed by atoms with Crippen LogP contribution in [-0.2, 0) is 16.1 Å². The van der Waals surface area contributed by atoms with Gasteiger partial charge in [0.2, 0.25) is 0 Å². The Kier molecular flexibility index (Phi) is 8.46. The van der Waals surface area contributed by atoms with E-state index >= 15 is 0 Å². The Balaban J connectivity index is 1.47. The maximum absolute atomic E-state index is 10.9. The molecule has 1 N–H and O–H groups in total. The number of carboxylic acids is 1. The Morgan fingerprint density at radius 1 is 0.710 bits per heavy atom. The van der Waals surface area contributed by atoms with Crippen molar-refractivity contribution in [2.75, 3.05) is 33.5 Å². The van der Waals surface area contributed by atoms with Gasteiger partial charge in [-0.1, -0.05) is 36.4 Å². The van der Waals surface area contributed by atoms with Crippen LogP contribution in [0.1, 0.15) is 15.9 Å². The molecule has 3 rings (SSSR count). The number of aromatic carboxylic acids is 1. The first kappa shape index (κ1) is 22.3. The van der Waals surface area contributed by atoms with Crippen LogP contribution in [0.5, 0.6) is 11.5 Å². The number of carbonyl (C=O) groups is 1. The molecule has 0 aliphatic rings. The van der Waals surface area contributed by atoms with Crippen LogP contribution in [0.4, 0.5) is 0 Å². The summed E-state index contributed by atoms with van der Waals surface area (Å²) < 4.78 is 21.7. The summed E-state index contributed by atoms with van der Waals surface area (Å²) in [4.78, 5) is 10.9. The Morgan fingerprint density at radius 2 is 1.26 bits per heavy atom. The minimum Gasteiger partial charge on any atom is -0.491 e. The lowest BCUT2D eigenvalue weighted by molar-refractivity contribution is 0.0544. The van der Waals surface area contributed by atoms with Crippen molar-refractivity contribution in [2.45, 2.75) is 6.61 Å². The van der Waals surface area contributed by atoms with Gasteiger partial charge in [-0.15, -0.1) is 0 Å². The van der Waals surface area contributed by atoms with Crippen molar-refractivity contribution in [3.05, 3.63) is 83.9 Å². The zero-order valence-corrected chi connectivity index (χ0v) is 17.5. The van der Waals surface area contributed by atoms with Gasteiger partial charge in [0.25, 0.3) is 0 Å². The summed E-state index contributed by atoms with van der Waals surface area (Å²) >= 11 is 0. The quantitative estimate of drug-likeness (QED) is 0.428. The lowest BCUT2D eigenvalue weighted by atomic mass is 10.0. The zero-order chi connectivity index (χ0) is 21.9. The molecule has 0 aliphatic heterocycles. The van der Waals surface area contributed by atoms with Crippen molar-refractivity contribution in [1.29, 1.82) is 0 Å². The molecule has 0 radical (unpaired) electrons. The summed E-state index contributed by atoms with van der Waals surface area (Å²) in [5.41, 5.74) is 3.47. The van der Waals surface area contributed by atoms with E-state index in [1.807, 2.05) is 48.5 Å². The number of carboxylic acid groups (broad SMARTS) is 1. The summed E-state index contributed by atoms with van der Waals surface area (Å²) in [6.07, 6.45) is 0. The van der Waals surface area contributed by atoms with Crippen LogP contribution >= 0.6 is 0 Å². The van der Waals surface area contributed by atoms with Crippen molar-refractivity contribution in [1.82, 2.24) is 0 Å². The normalized spacial score (nSPS) is 10.6. The lowest BCUT2D eigenvalue weighted by Crippen LogP contribution is -2.09. The number of rotatable bonds is 12. The highest BCUT2D eigenvalue weighted by molar-refractivity contribution is 5.87. The fourth-order valence-corrected chi connectivity index (χ4v) is 2.86. The van der Waals surface area contributed by atoms with E-state index in [2.05, 4.69) is 0 Å². The van der Waals surface area contributed by atoms with Crippen LogP contribution in [0.25, 0.3) is 11.1 Å². The molecule has 0 saturated carbocycles. The SMILES string of the molecule is COCCOCCOc1ccc(-c2ccc(COc3ccc(C(=O)O)cc3)cc2)cc1. The molecule has 0 heterocycles. The van der Waals surface area contributed by atoms with E-state index in [9.17, 15) is 4.79 Å². The third kappa shape index (κ3) is 7.13. The average molecular weight is 422 g/mol. The molecule has 6 heteroatoms. The molecular weight excluding hydrogens is 396 g/mol. The summed E-state index contributed by atoms with van der Waals surface area (Å²) in [7, 11) is 1.65. The number of ether oxygens (including phenoxy) is 4. The first-order valence-corrected chi connectivity index (χ1v) is 10.0. The molecule has 0 bridgehead atoms. The monoisotopic (exact) mass is 422 g/mol. The van der Waals surface area contributed by atoms with Gasteiger partial charge >= 0.3 is 5.97 Å². The topological polar surface area (TPSA) is 74.2 Å². The first-order chi connectivity index (χ1) is 15.2. The molecule has 31 heavy (non-hydrogen) atoms. The van der Waals surface area contributed by atoms with Gasteiger partial charge in [0, 0.05) is 7.11 Å². The molecule has 0 aromatic heterocycles.